The molecule has 1 aromatic carbocycles. The third kappa shape index (κ3) is 2.92. The molecule has 1 heterocycles. The normalized spacial score (nSPS) is 10.8. The van der Waals surface area contributed by atoms with E-state index in [9.17, 15) is 4.39 Å². The third-order valence-electron chi connectivity index (χ3n) is 3.05. The zero-order chi connectivity index (χ0) is 14.0. The molecule has 0 unspecified atom stereocenters. The predicted octanol–water partition coefficient (Wildman–Crippen LogP) is 4.51. The number of aromatic nitrogens is 2. The van der Waals surface area contributed by atoms with Crippen molar-refractivity contribution < 1.29 is 4.39 Å². The molecule has 0 fully saturated rings. The average Bonchev–Trinajstić information content (AvgIpc) is 2.37. The van der Waals surface area contributed by atoms with Crippen molar-refractivity contribution >= 4 is 11.6 Å². The Balaban J connectivity index is 2.56. The molecule has 0 spiro atoms. The van der Waals surface area contributed by atoms with Crippen LogP contribution in [0.2, 0.25) is 5.15 Å². The van der Waals surface area contributed by atoms with Gasteiger partial charge in [-0.25, -0.2) is 14.4 Å². The van der Waals surface area contributed by atoms with E-state index in [1.54, 1.807) is 13.0 Å². The van der Waals surface area contributed by atoms with Crippen LogP contribution in [0.1, 0.15) is 30.3 Å². The Kier molecular flexibility index (Phi) is 4.15. The molecule has 0 N–H and O–H groups in total. The summed E-state index contributed by atoms with van der Waals surface area (Å²) in [6.45, 7) is 5.65. The van der Waals surface area contributed by atoms with E-state index in [1.807, 2.05) is 13.0 Å². The number of aryl methyl sites for hydroxylation is 2. The highest BCUT2D eigenvalue weighted by atomic mass is 35.5. The first-order chi connectivity index (χ1) is 9.02. The smallest absolute Gasteiger partial charge is 0.136 e. The maximum Gasteiger partial charge on any atom is 0.136 e. The molecular formula is C15H16ClFN2. The minimum atomic E-state index is -0.233. The third-order valence-corrected chi connectivity index (χ3v) is 3.42. The summed E-state index contributed by atoms with van der Waals surface area (Å²) in [7, 11) is 0. The second-order valence-corrected chi connectivity index (χ2v) is 4.98. The van der Waals surface area contributed by atoms with Crippen LogP contribution in [-0.2, 0) is 6.42 Å². The van der Waals surface area contributed by atoms with Crippen molar-refractivity contribution in [3.8, 4) is 11.3 Å². The first kappa shape index (κ1) is 13.9. The van der Waals surface area contributed by atoms with Crippen LogP contribution in [0.15, 0.2) is 18.2 Å². The first-order valence-corrected chi connectivity index (χ1v) is 6.70. The van der Waals surface area contributed by atoms with Crippen LogP contribution in [0.4, 0.5) is 4.39 Å². The molecule has 2 rings (SSSR count). The van der Waals surface area contributed by atoms with E-state index in [2.05, 4.69) is 16.9 Å². The Bertz CT molecular complexity index is 611. The molecule has 2 aromatic rings. The minimum absolute atomic E-state index is 0.233. The van der Waals surface area contributed by atoms with E-state index in [0.29, 0.717) is 22.2 Å². The van der Waals surface area contributed by atoms with Crippen molar-refractivity contribution in [2.75, 3.05) is 0 Å². The fraction of sp³-hybridized carbons (Fsp3) is 0.333. The summed E-state index contributed by atoms with van der Waals surface area (Å²) in [5.74, 6) is 0.470. The highest BCUT2D eigenvalue weighted by Gasteiger charge is 2.12. The zero-order valence-corrected chi connectivity index (χ0v) is 12.1. The Morgan fingerprint density at radius 1 is 1.21 bits per heavy atom. The first-order valence-electron chi connectivity index (χ1n) is 6.32. The van der Waals surface area contributed by atoms with Crippen molar-refractivity contribution in [1.82, 2.24) is 9.97 Å². The molecule has 0 atom stereocenters. The van der Waals surface area contributed by atoms with Gasteiger partial charge >= 0.3 is 0 Å². The van der Waals surface area contributed by atoms with Crippen LogP contribution < -0.4 is 0 Å². The van der Waals surface area contributed by atoms with Gasteiger partial charge in [-0.05, 0) is 31.9 Å². The van der Waals surface area contributed by atoms with Gasteiger partial charge in [0.1, 0.15) is 16.8 Å². The van der Waals surface area contributed by atoms with E-state index in [1.165, 1.54) is 6.07 Å². The molecule has 100 valence electrons. The van der Waals surface area contributed by atoms with Crippen molar-refractivity contribution in [3.63, 3.8) is 0 Å². The molecule has 0 aliphatic rings. The quantitative estimate of drug-likeness (QED) is 0.772. The van der Waals surface area contributed by atoms with Gasteiger partial charge in [0.05, 0.1) is 5.69 Å². The predicted molar refractivity (Wildman–Crippen MR) is 75.9 cm³/mol. The van der Waals surface area contributed by atoms with Gasteiger partial charge in [-0.2, -0.15) is 0 Å². The molecule has 0 saturated heterocycles. The van der Waals surface area contributed by atoms with Gasteiger partial charge in [0.2, 0.25) is 0 Å². The Labute approximate surface area is 117 Å². The topological polar surface area (TPSA) is 25.8 Å². The molecule has 0 aliphatic heterocycles. The number of rotatable bonds is 3. The van der Waals surface area contributed by atoms with Crippen LogP contribution in [0.25, 0.3) is 11.3 Å². The summed E-state index contributed by atoms with van der Waals surface area (Å²) >= 11 is 6.13. The fourth-order valence-electron chi connectivity index (χ4n) is 1.89. The number of nitrogens with zero attached hydrogens (tertiary/aromatic N) is 2. The Hall–Kier alpha value is -1.48. The van der Waals surface area contributed by atoms with E-state index in [0.717, 1.165) is 24.0 Å². The highest BCUT2D eigenvalue weighted by molar-refractivity contribution is 6.30. The maximum atomic E-state index is 13.7. The summed E-state index contributed by atoms with van der Waals surface area (Å²) in [5.41, 5.74) is 2.85. The lowest BCUT2D eigenvalue weighted by Gasteiger charge is -2.10. The Morgan fingerprint density at radius 2 is 1.95 bits per heavy atom. The maximum absolute atomic E-state index is 13.7. The van der Waals surface area contributed by atoms with Crippen molar-refractivity contribution in [2.45, 2.75) is 33.6 Å². The van der Waals surface area contributed by atoms with Crippen LogP contribution >= 0.6 is 11.6 Å². The van der Waals surface area contributed by atoms with Gasteiger partial charge in [-0.3, -0.25) is 0 Å². The highest BCUT2D eigenvalue weighted by Crippen LogP contribution is 2.27. The monoisotopic (exact) mass is 278 g/mol. The number of hydrogen-bond donors (Lipinski definition) is 0. The molecule has 4 heteroatoms. The number of benzene rings is 1. The van der Waals surface area contributed by atoms with Crippen molar-refractivity contribution in [3.05, 3.63) is 46.1 Å². The molecule has 0 bridgehead atoms. The molecule has 2 nitrogen and oxygen atoms in total. The van der Waals surface area contributed by atoms with Gasteiger partial charge in [-0.15, -0.1) is 0 Å². The van der Waals surface area contributed by atoms with Crippen LogP contribution in [0.5, 0.6) is 0 Å². The molecule has 1 aromatic heterocycles. The largest absolute Gasteiger partial charge is 0.233 e. The molecular weight excluding hydrogens is 263 g/mol. The van der Waals surface area contributed by atoms with Crippen LogP contribution in [0.3, 0.4) is 0 Å². The lowest BCUT2D eigenvalue weighted by Crippen LogP contribution is -2.01. The number of halogens is 2. The zero-order valence-electron chi connectivity index (χ0n) is 11.3. The van der Waals surface area contributed by atoms with E-state index < -0.39 is 0 Å². The molecule has 19 heavy (non-hydrogen) atoms. The fourth-order valence-corrected chi connectivity index (χ4v) is 2.08. The van der Waals surface area contributed by atoms with Gasteiger partial charge in [0.15, 0.2) is 0 Å². The molecule has 0 saturated carbocycles. The van der Waals surface area contributed by atoms with Gasteiger partial charge < -0.3 is 0 Å². The lowest BCUT2D eigenvalue weighted by molar-refractivity contribution is 0.619. The van der Waals surface area contributed by atoms with E-state index >= 15 is 0 Å². The minimum Gasteiger partial charge on any atom is -0.233 e. The SMILES string of the molecule is CCCc1nc(Cl)c(C)c(-c2ccc(C)c(F)c2)n1. The van der Waals surface area contributed by atoms with Gasteiger partial charge in [0, 0.05) is 17.5 Å². The summed E-state index contributed by atoms with van der Waals surface area (Å²) < 4.78 is 13.7. The lowest BCUT2D eigenvalue weighted by atomic mass is 10.1. The molecule has 0 amide bonds. The number of hydrogen-bond acceptors (Lipinski definition) is 2. The molecule has 0 aliphatic carbocycles. The summed E-state index contributed by atoms with van der Waals surface area (Å²) in [6.07, 6.45) is 1.71. The summed E-state index contributed by atoms with van der Waals surface area (Å²) in [4.78, 5) is 8.75. The van der Waals surface area contributed by atoms with E-state index in [-0.39, 0.29) is 5.82 Å². The second kappa shape index (κ2) is 5.66. The Morgan fingerprint density at radius 3 is 2.58 bits per heavy atom. The van der Waals surface area contributed by atoms with E-state index in [4.69, 9.17) is 11.6 Å². The van der Waals surface area contributed by atoms with Gasteiger partial charge in [0.25, 0.3) is 0 Å². The second-order valence-electron chi connectivity index (χ2n) is 4.62. The van der Waals surface area contributed by atoms with Crippen LogP contribution in [0, 0.1) is 19.7 Å². The van der Waals surface area contributed by atoms with Crippen molar-refractivity contribution in [2.24, 2.45) is 0 Å². The standard InChI is InChI=1S/C15H16ClFN2/c1-4-5-13-18-14(10(3)15(16)19-13)11-7-6-9(2)12(17)8-11/h6-8H,4-5H2,1-3H3. The van der Waals surface area contributed by atoms with Crippen LogP contribution in [-0.4, -0.2) is 9.97 Å². The van der Waals surface area contributed by atoms with Crippen molar-refractivity contribution in [1.29, 1.82) is 0 Å². The molecule has 0 radical (unpaired) electrons. The average molecular weight is 279 g/mol. The summed E-state index contributed by atoms with van der Waals surface area (Å²) in [5, 5.41) is 0.439. The summed E-state index contributed by atoms with van der Waals surface area (Å²) in [6, 6.07) is 5.11. The van der Waals surface area contributed by atoms with Gasteiger partial charge in [-0.1, -0.05) is 30.7 Å².